The van der Waals surface area contributed by atoms with Gasteiger partial charge >= 0.3 is 0 Å². The molecule has 0 saturated heterocycles. The number of methoxy groups -OCH3 is 2. The van der Waals surface area contributed by atoms with Crippen LogP contribution in [0.4, 0.5) is 8.78 Å². The molecule has 0 heterocycles. The molecule has 0 aromatic heterocycles. The number of phenols is 2. The van der Waals surface area contributed by atoms with E-state index in [1.165, 1.54) is 33.3 Å². The van der Waals surface area contributed by atoms with E-state index in [9.17, 15) is 13.6 Å². The lowest BCUT2D eigenvalue weighted by atomic mass is 10.1. The Hall–Kier alpha value is -2.83. The van der Waals surface area contributed by atoms with E-state index in [1.807, 2.05) is 6.92 Å². The second kappa shape index (κ2) is 8.86. The molecule has 0 spiro atoms. The number of hydrogen-bond donors (Lipinski definition) is 2. The van der Waals surface area contributed by atoms with Gasteiger partial charge in [-0.1, -0.05) is 6.92 Å². The first-order valence-corrected chi connectivity index (χ1v) is 7.37. The second-order valence-electron chi connectivity index (χ2n) is 5.03. The molecule has 136 valence electrons. The minimum atomic E-state index is -0.745. The summed E-state index contributed by atoms with van der Waals surface area (Å²) < 4.78 is 35.5. The van der Waals surface area contributed by atoms with Crippen molar-refractivity contribution in [2.24, 2.45) is 0 Å². The first-order chi connectivity index (χ1) is 11.7. The number of ether oxygens (including phenoxy) is 2. The highest BCUT2D eigenvalue weighted by atomic mass is 19.1. The number of carbonyl (C=O) groups is 1. The van der Waals surface area contributed by atoms with Crippen molar-refractivity contribution >= 4 is 5.78 Å². The Balaban J connectivity index is 0.000000251. The Morgan fingerprint density at radius 2 is 1.44 bits per heavy atom. The van der Waals surface area contributed by atoms with E-state index in [0.29, 0.717) is 17.7 Å². The van der Waals surface area contributed by atoms with Gasteiger partial charge in [0, 0.05) is 12.1 Å². The van der Waals surface area contributed by atoms with E-state index in [1.54, 1.807) is 0 Å². The van der Waals surface area contributed by atoms with Crippen LogP contribution in [0.2, 0.25) is 0 Å². The predicted molar refractivity (Wildman–Crippen MR) is 88.6 cm³/mol. The summed E-state index contributed by atoms with van der Waals surface area (Å²) in [4.78, 5) is 10.9. The van der Waals surface area contributed by atoms with Crippen LogP contribution in [0.3, 0.4) is 0 Å². The number of benzene rings is 2. The SMILES string of the molecule is CCc1cc(OC)c(O)cc1F.COc1cc(C(C)=O)c(F)cc1O. The monoisotopic (exact) mass is 354 g/mol. The molecule has 0 radical (unpaired) electrons. The Morgan fingerprint density at radius 3 is 1.88 bits per heavy atom. The summed E-state index contributed by atoms with van der Waals surface area (Å²) in [5, 5.41) is 18.3. The molecule has 0 atom stereocenters. The van der Waals surface area contributed by atoms with Crippen LogP contribution in [0, 0.1) is 11.6 Å². The Kier molecular flexibility index (Phi) is 7.17. The van der Waals surface area contributed by atoms with Crippen molar-refractivity contribution < 1.29 is 33.3 Å². The molecule has 0 saturated carbocycles. The van der Waals surface area contributed by atoms with Gasteiger partial charge in [0.1, 0.15) is 11.6 Å². The minimum Gasteiger partial charge on any atom is -0.504 e. The first-order valence-electron chi connectivity index (χ1n) is 7.37. The lowest BCUT2D eigenvalue weighted by Gasteiger charge is -2.05. The average molecular weight is 354 g/mol. The molecule has 5 nitrogen and oxygen atoms in total. The van der Waals surface area contributed by atoms with Gasteiger partial charge in [-0.05, 0) is 31.0 Å². The molecule has 0 fully saturated rings. The van der Waals surface area contributed by atoms with E-state index in [2.05, 4.69) is 0 Å². The van der Waals surface area contributed by atoms with Crippen LogP contribution in [0.1, 0.15) is 29.8 Å². The van der Waals surface area contributed by atoms with Crippen molar-refractivity contribution in [3.63, 3.8) is 0 Å². The zero-order valence-corrected chi connectivity index (χ0v) is 14.4. The number of halogens is 2. The van der Waals surface area contributed by atoms with Gasteiger partial charge in [0.25, 0.3) is 0 Å². The summed E-state index contributed by atoms with van der Waals surface area (Å²) in [5.41, 5.74) is 0.458. The van der Waals surface area contributed by atoms with Crippen LogP contribution in [0.5, 0.6) is 23.0 Å². The van der Waals surface area contributed by atoms with Crippen molar-refractivity contribution in [2.45, 2.75) is 20.3 Å². The van der Waals surface area contributed by atoms with Gasteiger partial charge in [0.05, 0.1) is 19.8 Å². The lowest BCUT2D eigenvalue weighted by Crippen LogP contribution is -1.98. The number of hydrogen-bond acceptors (Lipinski definition) is 5. The number of ketones is 1. The van der Waals surface area contributed by atoms with Crippen molar-refractivity contribution in [1.29, 1.82) is 0 Å². The molecule has 0 bridgehead atoms. The summed E-state index contributed by atoms with van der Waals surface area (Å²) in [6.07, 6.45) is 0.586. The highest BCUT2D eigenvalue weighted by molar-refractivity contribution is 5.95. The van der Waals surface area contributed by atoms with Gasteiger partial charge in [0.2, 0.25) is 0 Å². The summed E-state index contributed by atoms with van der Waals surface area (Å²) in [5.74, 6) is -1.62. The van der Waals surface area contributed by atoms with E-state index in [4.69, 9.17) is 19.7 Å². The van der Waals surface area contributed by atoms with Crippen LogP contribution in [-0.4, -0.2) is 30.2 Å². The molecule has 0 unspecified atom stereocenters. The molecule has 7 heteroatoms. The van der Waals surface area contributed by atoms with Gasteiger partial charge in [-0.3, -0.25) is 4.79 Å². The van der Waals surface area contributed by atoms with Crippen molar-refractivity contribution in [3.8, 4) is 23.0 Å². The summed E-state index contributed by atoms with van der Waals surface area (Å²) in [7, 11) is 2.77. The quantitative estimate of drug-likeness (QED) is 0.816. The largest absolute Gasteiger partial charge is 0.504 e. The molecule has 0 amide bonds. The fourth-order valence-electron chi connectivity index (χ4n) is 2.00. The summed E-state index contributed by atoms with van der Waals surface area (Å²) >= 11 is 0. The maximum Gasteiger partial charge on any atom is 0.162 e. The number of Topliss-reactive ketones (excluding diaryl/α,β-unsaturated/α-hetero) is 1. The highest BCUT2D eigenvalue weighted by Crippen LogP contribution is 2.29. The maximum absolute atomic E-state index is 13.0. The Labute approximate surface area is 144 Å². The fourth-order valence-corrected chi connectivity index (χ4v) is 2.00. The van der Waals surface area contributed by atoms with E-state index in [0.717, 1.165) is 12.1 Å². The zero-order valence-electron chi connectivity index (χ0n) is 14.4. The molecule has 2 aromatic carbocycles. The molecule has 2 rings (SSSR count). The van der Waals surface area contributed by atoms with Crippen molar-refractivity contribution in [3.05, 3.63) is 47.0 Å². The highest BCUT2D eigenvalue weighted by Gasteiger charge is 2.12. The van der Waals surface area contributed by atoms with Gasteiger partial charge in [0.15, 0.2) is 28.8 Å². The third kappa shape index (κ3) is 5.07. The van der Waals surface area contributed by atoms with Crippen LogP contribution in [-0.2, 0) is 6.42 Å². The first kappa shape index (κ1) is 20.2. The van der Waals surface area contributed by atoms with E-state index >= 15 is 0 Å². The van der Waals surface area contributed by atoms with Crippen molar-refractivity contribution in [1.82, 2.24) is 0 Å². The number of carbonyl (C=O) groups excluding carboxylic acids is 1. The number of phenolic OH excluding ortho intramolecular Hbond substituents is 2. The normalized spacial score (nSPS) is 9.84. The van der Waals surface area contributed by atoms with E-state index in [-0.39, 0.29) is 22.8 Å². The number of rotatable bonds is 4. The number of aromatic hydroxyl groups is 2. The van der Waals surface area contributed by atoms with Crippen LogP contribution in [0.15, 0.2) is 24.3 Å². The van der Waals surface area contributed by atoms with Gasteiger partial charge in [-0.15, -0.1) is 0 Å². The minimum absolute atomic E-state index is 0.0883. The molecule has 0 aliphatic rings. The Morgan fingerprint density at radius 1 is 0.960 bits per heavy atom. The third-order valence-electron chi connectivity index (χ3n) is 3.38. The van der Waals surface area contributed by atoms with Crippen LogP contribution in [0.25, 0.3) is 0 Å². The molecular formula is C18H20F2O5. The second-order valence-corrected chi connectivity index (χ2v) is 5.03. The summed E-state index contributed by atoms with van der Waals surface area (Å²) in [6.45, 7) is 3.09. The van der Waals surface area contributed by atoms with Crippen molar-refractivity contribution in [2.75, 3.05) is 14.2 Å². The Bertz CT molecular complexity index is 734. The smallest absolute Gasteiger partial charge is 0.162 e. The number of aryl methyl sites for hydroxylation is 1. The van der Waals surface area contributed by atoms with Gasteiger partial charge in [-0.2, -0.15) is 0 Å². The molecule has 0 aliphatic carbocycles. The molecule has 0 aliphatic heterocycles. The molecule has 2 aromatic rings. The van der Waals surface area contributed by atoms with Crippen LogP contribution >= 0.6 is 0 Å². The third-order valence-corrected chi connectivity index (χ3v) is 3.38. The summed E-state index contributed by atoms with van der Waals surface area (Å²) in [6, 6.07) is 4.60. The maximum atomic E-state index is 13.0. The van der Waals surface area contributed by atoms with Gasteiger partial charge in [-0.25, -0.2) is 8.78 Å². The van der Waals surface area contributed by atoms with Gasteiger partial charge < -0.3 is 19.7 Å². The van der Waals surface area contributed by atoms with E-state index < -0.39 is 17.4 Å². The predicted octanol–water partition coefficient (Wildman–Crippen LogP) is 3.84. The average Bonchev–Trinajstić information content (AvgIpc) is 2.55. The van der Waals surface area contributed by atoms with Crippen LogP contribution < -0.4 is 9.47 Å². The molecular weight excluding hydrogens is 334 g/mol. The lowest BCUT2D eigenvalue weighted by molar-refractivity contribution is 0.101. The topological polar surface area (TPSA) is 76.0 Å². The molecule has 25 heavy (non-hydrogen) atoms. The molecule has 2 N–H and O–H groups in total. The zero-order chi connectivity index (χ0) is 19.1. The fraction of sp³-hybridized carbons (Fsp3) is 0.278. The standard InChI is InChI=1S/C9H9FO3.C9H11FO2/c1-5(11)6-3-9(13-2)8(12)4-7(6)10;1-3-6-4-9(12-2)8(11)5-7(6)10/h3-4,12H,1-2H3;4-5,11H,3H2,1-2H3.